The lowest BCUT2D eigenvalue weighted by Crippen LogP contribution is -2.38. The molecule has 1 heterocycles. The van der Waals surface area contributed by atoms with Gasteiger partial charge < -0.3 is 10.6 Å². The summed E-state index contributed by atoms with van der Waals surface area (Å²) in [5.41, 5.74) is 2.85. The van der Waals surface area contributed by atoms with Gasteiger partial charge in [0, 0.05) is 5.38 Å². The predicted octanol–water partition coefficient (Wildman–Crippen LogP) is 3.64. The topological polar surface area (TPSA) is 54.0 Å². The molecule has 0 fully saturated rings. The number of amides is 2. The summed E-state index contributed by atoms with van der Waals surface area (Å²) in [5, 5.41) is 8.73. The van der Waals surface area contributed by atoms with Crippen LogP contribution in [-0.2, 0) is 6.42 Å². The van der Waals surface area contributed by atoms with Gasteiger partial charge in [-0.25, -0.2) is 14.2 Å². The maximum atomic E-state index is 13.4. The maximum absolute atomic E-state index is 13.4. The number of benzene rings is 1. The second-order valence-electron chi connectivity index (χ2n) is 5.57. The van der Waals surface area contributed by atoms with E-state index in [1.807, 2.05) is 19.2 Å². The van der Waals surface area contributed by atoms with Gasteiger partial charge in [0.15, 0.2) is 0 Å². The molecule has 2 atom stereocenters. The number of aromatic nitrogens is 1. The van der Waals surface area contributed by atoms with Crippen LogP contribution in [0.2, 0.25) is 0 Å². The van der Waals surface area contributed by atoms with Crippen LogP contribution in [0.3, 0.4) is 0 Å². The third-order valence-corrected chi connectivity index (χ3v) is 4.71. The van der Waals surface area contributed by atoms with Crippen molar-refractivity contribution in [3.63, 3.8) is 0 Å². The highest BCUT2D eigenvalue weighted by Crippen LogP contribution is 2.31. The molecule has 1 aliphatic carbocycles. The fraction of sp³-hybridized carbons (Fsp3) is 0.375. The van der Waals surface area contributed by atoms with Crippen molar-refractivity contribution in [2.24, 2.45) is 0 Å². The first kappa shape index (κ1) is 15.0. The summed E-state index contributed by atoms with van der Waals surface area (Å²) in [6.07, 6.45) is 1.66. The first-order valence-corrected chi connectivity index (χ1v) is 8.18. The molecule has 0 bridgehead atoms. The van der Waals surface area contributed by atoms with E-state index in [0.717, 1.165) is 34.7 Å². The minimum Gasteiger partial charge on any atom is -0.331 e. The number of thiazole rings is 1. The fourth-order valence-electron chi connectivity index (χ4n) is 2.77. The Bertz CT molecular complexity index is 700. The van der Waals surface area contributed by atoms with Gasteiger partial charge in [0.1, 0.15) is 5.82 Å². The van der Waals surface area contributed by atoms with Gasteiger partial charge in [0.05, 0.1) is 22.8 Å². The molecule has 0 spiro atoms. The van der Waals surface area contributed by atoms with Crippen LogP contribution in [0.5, 0.6) is 0 Å². The molecule has 1 aliphatic rings. The number of carbonyl (C=O) groups excluding carboxylic acids is 1. The Balaban J connectivity index is 1.63. The third kappa shape index (κ3) is 3.11. The summed E-state index contributed by atoms with van der Waals surface area (Å²) in [6, 6.07) is 4.24. The van der Waals surface area contributed by atoms with Gasteiger partial charge in [-0.15, -0.1) is 11.3 Å². The lowest BCUT2D eigenvalue weighted by atomic mass is 10.1. The van der Waals surface area contributed by atoms with E-state index in [-0.39, 0.29) is 23.9 Å². The second-order valence-corrected chi connectivity index (χ2v) is 6.63. The third-order valence-electron chi connectivity index (χ3n) is 3.92. The SMILES string of the molecule is Cc1nc(C(C)NC(=O)NC2CCc3ccc(F)cc32)cs1. The zero-order chi connectivity index (χ0) is 15.7. The molecule has 2 amide bonds. The van der Waals surface area contributed by atoms with Crippen LogP contribution in [0.4, 0.5) is 9.18 Å². The molecule has 0 radical (unpaired) electrons. The summed E-state index contributed by atoms with van der Waals surface area (Å²) in [6.45, 7) is 3.83. The number of nitrogens with zero attached hydrogens (tertiary/aromatic N) is 1. The van der Waals surface area contributed by atoms with E-state index in [2.05, 4.69) is 15.6 Å². The zero-order valence-electron chi connectivity index (χ0n) is 12.5. The Labute approximate surface area is 132 Å². The number of hydrogen-bond donors (Lipinski definition) is 2. The molecule has 2 unspecified atom stereocenters. The summed E-state index contributed by atoms with van der Waals surface area (Å²) in [5.74, 6) is -0.265. The predicted molar refractivity (Wildman–Crippen MR) is 84.4 cm³/mol. The summed E-state index contributed by atoms with van der Waals surface area (Å²) < 4.78 is 13.4. The van der Waals surface area contributed by atoms with E-state index < -0.39 is 0 Å². The lowest BCUT2D eigenvalue weighted by molar-refractivity contribution is 0.234. The van der Waals surface area contributed by atoms with Crippen LogP contribution in [0.25, 0.3) is 0 Å². The van der Waals surface area contributed by atoms with Crippen molar-refractivity contribution in [2.45, 2.75) is 38.8 Å². The summed E-state index contributed by atoms with van der Waals surface area (Å²) in [4.78, 5) is 16.5. The molecule has 0 saturated carbocycles. The van der Waals surface area contributed by atoms with Crippen LogP contribution < -0.4 is 10.6 Å². The van der Waals surface area contributed by atoms with Gasteiger partial charge in [-0.1, -0.05) is 6.07 Å². The Hall–Kier alpha value is -1.95. The molecule has 3 rings (SSSR count). The molecule has 116 valence electrons. The smallest absolute Gasteiger partial charge is 0.315 e. The molecule has 22 heavy (non-hydrogen) atoms. The summed E-state index contributed by atoms with van der Waals surface area (Å²) in [7, 11) is 0. The first-order chi connectivity index (χ1) is 10.5. The number of fused-ring (bicyclic) bond motifs is 1. The number of halogens is 1. The Kier molecular flexibility index (Phi) is 4.11. The van der Waals surface area contributed by atoms with Crippen molar-refractivity contribution in [2.75, 3.05) is 0 Å². The van der Waals surface area contributed by atoms with Crippen LogP contribution >= 0.6 is 11.3 Å². The number of rotatable bonds is 3. The molecule has 4 nitrogen and oxygen atoms in total. The second kappa shape index (κ2) is 6.04. The minimum absolute atomic E-state index is 0.130. The van der Waals surface area contributed by atoms with E-state index in [1.54, 1.807) is 17.4 Å². The van der Waals surface area contributed by atoms with Gasteiger partial charge in [-0.05, 0) is 49.9 Å². The average molecular weight is 319 g/mol. The fourth-order valence-corrected chi connectivity index (χ4v) is 3.48. The van der Waals surface area contributed by atoms with Crippen molar-refractivity contribution >= 4 is 17.4 Å². The summed E-state index contributed by atoms with van der Waals surface area (Å²) >= 11 is 1.56. The van der Waals surface area contributed by atoms with Crippen molar-refractivity contribution < 1.29 is 9.18 Å². The molecule has 0 saturated heterocycles. The minimum atomic E-state index is -0.265. The largest absolute Gasteiger partial charge is 0.331 e. The van der Waals surface area contributed by atoms with E-state index in [4.69, 9.17) is 0 Å². The number of nitrogens with one attached hydrogen (secondary N) is 2. The molecule has 2 aromatic rings. The Morgan fingerprint density at radius 1 is 1.50 bits per heavy atom. The van der Waals surface area contributed by atoms with Crippen molar-refractivity contribution in [3.8, 4) is 0 Å². The Morgan fingerprint density at radius 3 is 3.05 bits per heavy atom. The maximum Gasteiger partial charge on any atom is 0.315 e. The van der Waals surface area contributed by atoms with E-state index in [9.17, 15) is 9.18 Å². The zero-order valence-corrected chi connectivity index (χ0v) is 13.3. The quantitative estimate of drug-likeness (QED) is 0.907. The number of carbonyl (C=O) groups is 1. The lowest BCUT2D eigenvalue weighted by Gasteiger charge is -2.17. The van der Waals surface area contributed by atoms with Crippen molar-refractivity contribution in [1.29, 1.82) is 0 Å². The van der Waals surface area contributed by atoms with Crippen molar-refractivity contribution in [1.82, 2.24) is 15.6 Å². The number of aryl methyl sites for hydroxylation is 2. The van der Waals surface area contributed by atoms with Crippen LogP contribution in [0, 0.1) is 12.7 Å². The van der Waals surface area contributed by atoms with Gasteiger partial charge >= 0.3 is 6.03 Å². The molecule has 0 aliphatic heterocycles. The number of urea groups is 1. The average Bonchev–Trinajstić information content (AvgIpc) is 3.06. The number of hydrogen-bond acceptors (Lipinski definition) is 3. The highest BCUT2D eigenvalue weighted by atomic mass is 32.1. The Morgan fingerprint density at radius 2 is 2.32 bits per heavy atom. The standard InChI is InChI=1S/C16H18FN3OS/c1-9(15-8-22-10(2)19-15)18-16(21)20-14-6-4-11-3-5-12(17)7-13(11)14/h3,5,7-9,14H,4,6H2,1-2H3,(H2,18,20,21). The van der Waals surface area contributed by atoms with Crippen LogP contribution in [0.15, 0.2) is 23.6 Å². The van der Waals surface area contributed by atoms with E-state index in [1.165, 1.54) is 12.1 Å². The van der Waals surface area contributed by atoms with E-state index >= 15 is 0 Å². The molecular formula is C16H18FN3OS. The van der Waals surface area contributed by atoms with Gasteiger partial charge in [-0.3, -0.25) is 0 Å². The first-order valence-electron chi connectivity index (χ1n) is 7.30. The molecular weight excluding hydrogens is 301 g/mol. The van der Waals surface area contributed by atoms with Crippen LogP contribution in [0.1, 0.15) is 47.3 Å². The van der Waals surface area contributed by atoms with Gasteiger partial charge in [0.25, 0.3) is 0 Å². The highest BCUT2D eigenvalue weighted by molar-refractivity contribution is 7.09. The van der Waals surface area contributed by atoms with E-state index in [0.29, 0.717) is 0 Å². The molecule has 1 aromatic carbocycles. The van der Waals surface area contributed by atoms with Crippen molar-refractivity contribution in [3.05, 3.63) is 51.2 Å². The molecule has 1 aromatic heterocycles. The van der Waals surface area contributed by atoms with Gasteiger partial charge in [-0.2, -0.15) is 0 Å². The van der Waals surface area contributed by atoms with Gasteiger partial charge in [0.2, 0.25) is 0 Å². The monoisotopic (exact) mass is 319 g/mol. The normalized spacial score (nSPS) is 17.9. The molecule has 2 N–H and O–H groups in total. The molecule has 6 heteroatoms. The highest BCUT2D eigenvalue weighted by Gasteiger charge is 2.25. The van der Waals surface area contributed by atoms with Crippen LogP contribution in [-0.4, -0.2) is 11.0 Å².